The molecule has 0 aliphatic heterocycles. The normalized spacial score (nSPS) is 12.6. The Morgan fingerprint density at radius 3 is 0.904 bits per heavy atom. The lowest BCUT2D eigenvalue weighted by Gasteiger charge is -2.18. The number of rotatable bonds is 56. The summed E-state index contributed by atoms with van der Waals surface area (Å²) in [5.74, 6) is -0.935. The lowest BCUT2D eigenvalue weighted by molar-refractivity contribution is -0.167. The van der Waals surface area contributed by atoms with Crippen molar-refractivity contribution in [3.8, 4) is 0 Å². The van der Waals surface area contributed by atoms with Crippen LogP contribution in [-0.2, 0) is 28.6 Å². The second kappa shape index (κ2) is 61.1. The summed E-state index contributed by atoms with van der Waals surface area (Å²) in [4.78, 5) is 38.2. The Labute approximate surface area is 452 Å². The summed E-state index contributed by atoms with van der Waals surface area (Å²) < 4.78 is 16.9. The Morgan fingerprint density at radius 1 is 0.288 bits per heavy atom. The summed E-state index contributed by atoms with van der Waals surface area (Å²) in [5, 5.41) is 0. The van der Waals surface area contributed by atoms with E-state index in [1.54, 1.807) is 0 Å². The topological polar surface area (TPSA) is 78.9 Å². The maximum Gasteiger partial charge on any atom is 0.306 e. The minimum Gasteiger partial charge on any atom is -0.462 e. The van der Waals surface area contributed by atoms with Crippen molar-refractivity contribution >= 4 is 17.9 Å². The lowest BCUT2D eigenvalue weighted by Crippen LogP contribution is -2.30. The fraction of sp³-hybridized carbons (Fsp3) is 0.746. The van der Waals surface area contributed by atoms with E-state index in [1.165, 1.54) is 167 Å². The molecule has 0 amide bonds. The first-order chi connectivity index (χ1) is 36.0. The van der Waals surface area contributed by atoms with Crippen LogP contribution in [0, 0.1) is 0 Å². The number of hydrogen-bond donors (Lipinski definition) is 0. The lowest BCUT2D eigenvalue weighted by atomic mass is 10.0. The van der Waals surface area contributed by atoms with Gasteiger partial charge in [0, 0.05) is 19.3 Å². The molecule has 0 bridgehead atoms. The molecule has 0 saturated heterocycles. The molecule has 0 N–H and O–H groups in total. The predicted octanol–water partition coefficient (Wildman–Crippen LogP) is 21.1. The molecule has 0 aromatic carbocycles. The molecule has 73 heavy (non-hydrogen) atoms. The van der Waals surface area contributed by atoms with E-state index in [-0.39, 0.29) is 31.1 Å². The SMILES string of the molecule is CC/C=C\C/C=C\C/C=C\C/C=C\CCCCC(=O)OCC(COC(=O)CCCCCCCCCCCCC/C=C\CCCCCCCCCC)OC(=O)CCCCCCCCC/C=C\C/C=C\CCCCC. The van der Waals surface area contributed by atoms with Crippen LogP contribution in [0.15, 0.2) is 85.1 Å². The van der Waals surface area contributed by atoms with Crippen molar-refractivity contribution in [1.82, 2.24) is 0 Å². The highest BCUT2D eigenvalue weighted by Crippen LogP contribution is 2.16. The molecule has 6 heteroatoms. The minimum atomic E-state index is -0.799. The molecular formula is C67H116O6. The van der Waals surface area contributed by atoms with Gasteiger partial charge in [0.1, 0.15) is 13.2 Å². The van der Waals surface area contributed by atoms with Gasteiger partial charge >= 0.3 is 17.9 Å². The molecule has 0 radical (unpaired) electrons. The summed E-state index contributed by atoms with van der Waals surface area (Å²) in [6.07, 6.45) is 80.2. The maximum atomic E-state index is 12.9. The summed E-state index contributed by atoms with van der Waals surface area (Å²) in [5.41, 5.74) is 0. The zero-order chi connectivity index (χ0) is 52.9. The van der Waals surface area contributed by atoms with Gasteiger partial charge < -0.3 is 14.2 Å². The van der Waals surface area contributed by atoms with Gasteiger partial charge in [0.05, 0.1) is 0 Å². The van der Waals surface area contributed by atoms with E-state index in [9.17, 15) is 14.4 Å². The van der Waals surface area contributed by atoms with Crippen molar-refractivity contribution < 1.29 is 28.6 Å². The molecule has 0 aromatic rings. The van der Waals surface area contributed by atoms with Gasteiger partial charge in [-0.1, -0.05) is 254 Å². The molecule has 420 valence electrons. The van der Waals surface area contributed by atoms with E-state index in [0.717, 1.165) is 96.3 Å². The van der Waals surface area contributed by atoms with E-state index in [4.69, 9.17) is 14.2 Å². The van der Waals surface area contributed by atoms with Crippen molar-refractivity contribution in [3.05, 3.63) is 85.1 Å². The number of carbonyl (C=O) groups excluding carboxylic acids is 3. The van der Waals surface area contributed by atoms with Gasteiger partial charge in [0.2, 0.25) is 0 Å². The van der Waals surface area contributed by atoms with Crippen LogP contribution in [0.4, 0.5) is 0 Å². The number of unbranched alkanes of at least 4 members (excludes halogenated alkanes) is 31. The van der Waals surface area contributed by atoms with Crippen LogP contribution in [0.3, 0.4) is 0 Å². The number of esters is 3. The van der Waals surface area contributed by atoms with Crippen LogP contribution < -0.4 is 0 Å². The highest BCUT2D eigenvalue weighted by molar-refractivity contribution is 5.71. The Kier molecular flexibility index (Phi) is 58.3. The largest absolute Gasteiger partial charge is 0.462 e. The third-order valence-electron chi connectivity index (χ3n) is 13.4. The van der Waals surface area contributed by atoms with E-state index in [2.05, 4.69) is 106 Å². The number of carbonyl (C=O) groups is 3. The van der Waals surface area contributed by atoms with Crippen LogP contribution in [0.2, 0.25) is 0 Å². The van der Waals surface area contributed by atoms with E-state index in [0.29, 0.717) is 19.3 Å². The standard InChI is InChI=1S/C67H116O6/c1-4-7-10-13-16-19-22-25-28-30-31-32-33-34-35-37-39-42-45-48-51-54-57-60-66(69)72-63-64(62-71-65(68)59-56-53-50-47-44-41-38-27-24-21-18-15-12-9-6-3)73-67(70)61-58-55-52-49-46-43-40-36-29-26-23-20-17-14-11-8-5-2/h9,12,17-18,20-21,26-27,29-31,38,44,47,64H,4-8,10-11,13-16,19,22-25,28,32-37,39-43,45-46,48-63H2,1-3H3/b12-9-,20-17-,21-18-,29-26-,31-30-,38-27-,47-44-. The fourth-order valence-electron chi connectivity index (χ4n) is 8.69. The van der Waals surface area contributed by atoms with Crippen molar-refractivity contribution in [2.24, 2.45) is 0 Å². The highest BCUT2D eigenvalue weighted by atomic mass is 16.6. The third-order valence-corrected chi connectivity index (χ3v) is 13.4. The van der Waals surface area contributed by atoms with Crippen LogP contribution in [-0.4, -0.2) is 37.2 Å². The molecule has 1 atom stereocenters. The van der Waals surface area contributed by atoms with Gasteiger partial charge in [-0.3, -0.25) is 14.4 Å². The van der Waals surface area contributed by atoms with E-state index < -0.39 is 6.10 Å². The summed E-state index contributed by atoms with van der Waals surface area (Å²) in [7, 11) is 0. The van der Waals surface area contributed by atoms with Gasteiger partial charge in [-0.25, -0.2) is 0 Å². The van der Waals surface area contributed by atoms with Gasteiger partial charge in [-0.05, 0) is 116 Å². The minimum absolute atomic E-state index is 0.0926. The maximum absolute atomic E-state index is 12.9. The molecule has 6 nitrogen and oxygen atoms in total. The third kappa shape index (κ3) is 59.3. The molecule has 0 spiro atoms. The van der Waals surface area contributed by atoms with Gasteiger partial charge in [-0.2, -0.15) is 0 Å². The van der Waals surface area contributed by atoms with Crippen LogP contribution in [0.25, 0.3) is 0 Å². The van der Waals surface area contributed by atoms with Gasteiger partial charge in [-0.15, -0.1) is 0 Å². The zero-order valence-electron chi connectivity index (χ0n) is 48.1. The Bertz CT molecular complexity index is 1400. The molecule has 0 aliphatic carbocycles. The van der Waals surface area contributed by atoms with E-state index in [1.807, 2.05) is 0 Å². The highest BCUT2D eigenvalue weighted by Gasteiger charge is 2.19. The van der Waals surface area contributed by atoms with Crippen molar-refractivity contribution in [1.29, 1.82) is 0 Å². The monoisotopic (exact) mass is 1020 g/mol. The van der Waals surface area contributed by atoms with Crippen molar-refractivity contribution in [2.75, 3.05) is 13.2 Å². The Hall–Kier alpha value is -3.41. The number of ether oxygens (including phenoxy) is 3. The van der Waals surface area contributed by atoms with Crippen LogP contribution in [0.1, 0.15) is 303 Å². The number of allylic oxidation sites excluding steroid dienone is 14. The molecule has 0 saturated carbocycles. The smallest absolute Gasteiger partial charge is 0.306 e. The molecule has 0 rings (SSSR count). The molecule has 0 fully saturated rings. The van der Waals surface area contributed by atoms with Crippen molar-refractivity contribution in [2.45, 2.75) is 309 Å². The molecule has 0 heterocycles. The quantitative estimate of drug-likeness (QED) is 0.0261. The molecule has 0 aromatic heterocycles. The zero-order valence-corrected chi connectivity index (χ0v) is 48.1. The average molecular weight is 1020 g/mol. The van der Waals surface area contributed by atoms with E-state index >= 15 is 0 Å². The molecule has 0 aliphatic rings. The summed E-state index contributed by atoms with van der Waals surface area (Å²) in [6, 6.07) is 0. The molecule has 1 unspecified atom stereocenters. The number of hydrogen-bond acceptors (Lipinski definition) is 6. The predicted molar refractivity (Wildman–Crippen MR) is 316 cm³/mol. The molecular weight excluding hydrogens is 901 g/mol. The summed E-state index contributed by atoms with van der Waals surface area (Å²) >= 11 is 0. The van der Waals surface area contributed by atoms with Gasteiger partial charge in [0.15, 0.2) is 6.10 Å². The Balaban J connectivity index is 4.38. The summed E-state index contributed by atoms with van der Waals surface area (Å²) in [6.45, 7) is 6.48. The first-order valence-corrected chi connectivity index (χ1v) is 31.1. The first-order valence-electron chi connectivity index (χ1n) is 31.1. The second-order valence-corrected chi connectivity index (χ2v) is 20.6. The Morgan fingerprint density at radius 2 is 0.534 bits per heavy atom. The van der Waals surface area contributed by atoms with Gasteiger partial charge in [0.25, 0.3) is 0 Å². The fourth-order valence-corrected chi connectivity index (χ4v) is 8.69. The average Bonchev–Trinajstić information content (AvgIpc) is 3.39. The van der Waals surface area contributed by atoms with Crippen LogP contribution >= 0.6 is 0 Å². The van der Waals surface area contributed by atoms with Crippen molar-refractivity contribution in [3.63, 3.8) is 0 Å². The van der Waals surface area contributed by atoms with Crippen LogP contribution in [0.5, 0.6) is 0 Å². The second-order valence-electron chi connectivity index (χ2n) is 20.6. The first kappa shape index (κ1) is 69.6.